The van der Waals surface area contributed by atoms with Gasteiger partial charge in [0, 0.05) is 54.9 Å². The minimum absolute atomic E-state index is 0.00448. The van der Waals surface area contributed by atoms with Crippen molar-refractivity contribution in [2.45, 2.75) is 76.5 Å². The lowest BCUT2D eigenvalue weighted by molar-refractivity contribution is -0.275. The molecule has 0 radical (unpaired) electrons. The quantitative estimate of drug-likeness (QED) is 0.144. The fourth-order valence-electron chi connectivity index (χ4n) is 8.15. The van der Waals surface area contributed by atoms with Gasteiger partial charge in [0.05, 0.1) is 0 Å². The summed E-state index contributed by atoms with van der Waals surface area (Å²) in [5.74, 6) is -4.99. The van der Waals surface area contributed by atoms with E-state index in [0.717, 1.165) is 34.1 Å². The number of alkyl halides is 6. The van der Waals surface area contributed by atoms with Crippen LogP contribution in [0.25, 0.3) is 0 Å². The first kappa shape index (κ1) is 58.6. The molecule has 78 heavy (non-hydrogen) atoms. The Labute approximate surface area is 451 Å². The molecule has 0 bridgehead atoms. The zero-order chi connectivity index (χ0) is 57.4. The predicted molar refractivity (Wildman–Crippen MR) is 266 cm³/mol. The van der Waals surface area contributed by atoms with E-state index in [9.17, 15) is 62.4 Å². The number of imide groups is 2. The van der Waals surface area contributed by atoms with E-state index in [1.54, 1.807) is 69.3 Å². The van der Waals surface area contributed by atoms with Gasteiger partial charge in [0.2, 0.25) is 20.0 Å². The van der Waals surface area contributed by atoms with Crippen LogP contribution in [-0.2, 0) is 42.7 Å². The number of aliphatic imine (C=N–C) groups is 2. The number of hydrogen-bond donors (Lipinski definition) is 2. The Bertz CT molecular complexity index is 3250. The number of sulfonamides is 2. The maximum absolute atomic E-state index is 13.7. The molecule has 420 valence electrons. The van der Waals surface area contributed by atoms with Crippen LogP contribution >= 0.6 is 23.2 Å². The Balaban J connectivity index is 0.000000227. The Morgan fingerprint density at radius 1 is 0.590 bits per heavy atom. The molecule has 4 aliphatic rings. The zero-order valence-corrected chi connectivity index (χ0v) is 44.4. The Morgan fingerprint density at radius 2 is 0.949 bits per heavy atom. The number of carbonyl (C=O) groups excluding carboxylic acids is 4. The second-order valence-corrected chi connectivity index (χ2v) is 22.7. The smallest absolute Gasteiger partial charge is 0.426 e. The molecule has 4 aromatic carbocycles. The van der Waals surface area contributed by atoms with Gasteiger partial charge in [0.1, 0.15) is 34.8 Å². The van der Waals surface area contributed by atoms with Gasteiger partial charge in [-0.15, -0.1) is 26.3 Å². The van der Waals surface area contributed by atoms with Crippen LogP contribution < -0.4 is 28.8 Å². The lowest BCUT2D eigenvalue weighted by atomic mass is 10.1. The third kappa shape index (κ3) is 14.7. The first-order valence-corrected chi connectivity index (χ1v) is 26.7. The molecule has 0 aliphatic carbocycles. The van der Waals surface area contributed by atoms with Crippen LogP contribution in [0.1, 0.15) is 31.9 Å². The number of benzene rings is 4. The second-order valence-electron chi connectivity index (χ2n) is 18.5. The van der Waals surface area contributed by atoms with Crippen LogP contribution in [0, 0.1) is 0 Å². The highest BCUT2D eigenvalue weighted by Gasteiger charge is 2.55. The molecule has 4 aromatic rings. The number of ether oxygens (including phenoxy) is 4. The molecule has 32 heteroatoms. The highest BCUT2D eigenvalue weighted by molar-refractivity contribution is 7.89. The largest absolute Gasteiger partial charge is 0.573 e. The average Bonchev–Trinajstić information content (AvgIpc) is 3.96. The summed E-state index contributed by atoms with van der Waals surface area (Å²) in [5.41, 5.74) is 0.430. The number of nitrogens with one attached hydrogen (secondary N) is 1. The number of rotatable bonds is 13. The van der Waals surface area contributed by atoms with Crippen molar-refractivity contribution in [2.75, 3.05) is 25.8 Å². The minimum Gasteiger partial charge on any atom is -0.426 e. The summed E-state index contributed by atoms with van der Waals surface area (Å²) in [6.45, 7) is 4.84. The second kappa shape index (κ2) is 22.3. The van der Waals surface area contributed by atoms with Gasteiger partial charge in [-0.1, -0.05) is 59.6 Å². The molecule has 4 atom stereocenters. The van der Waals surface area contributed by atoms with Crippen molar-refractivity contribution in [3.05, 3.63) is 118 Å². The Morgan fingerprint density at radius 3 is 1.29 bits per heavy atom. The van der Waals surface area contributed by atoms with Gasteiger partial charge in [-0.25, -0.2) is 56.1 Å². The number of primary sulfonamides is 1. The van der Waals surface area contributed by atoms with E-state index in [2.05, 4.69) is 24.2 Å². The molecule has 0 spiro atoms. The molecule has 4 unspecified atom stereocenters. The van der Waals surface area contributed by atoms with Crippen molar-refractivity contribution in [1.82, 2.24) is 34.1 Å². The number of fused-ring (bicyclic) bond motifs is 2. The fraction of sp³-hybridized carbons (Fsp3) is 0.348. The van der Waals surface area contributed by atoms with Crippen molar-refractivity contribution in [3.8, 4) is 23.0 Å². The maximum Gasteiger partial charge on any atom is 0.573 e. The van der Waals surface area contributed by atoms with Crippen LogP contribution in [0.5, 0.6) is 23.0 Å². The summed E-state index contributed by atoms with van der Waals surface area (Å²) in [6.07, 6.45) is -12.1. The van der Waals surface area contributed by atoms with Crippen LogP contribution in [0.4, 0.5) is 35.9 Å². The van der Waals surface area contributed by atoms with Crippen molar-refractivity contribution in [1.29, 1.82) is 0 Å². The Hall–Kier alpha value is -7.12. The molecule has 6 amide bonds. The molecule has 2 saturated heterocycles. The monoisotopic (exact) mass is 1180 g/mol. The maximum atomic E-state index is 13.7. The molecule has 8 rings (SSSR count). The fourth-order valence-corrected chi connectivity index (χ4v) is 10.6. The van der Waals surface area contributed by atoms with Crippen LogP contribution in [0.2, 0.25) is 10.0 Å². The molecule has 2 fully saturated rings. The number of amides is 6. The van der Waals surface area contributed by atoms with E-state index < -0.39 is 110 Å². The number of nitrogens with zero attached hydrogens (tertiary/aromatic N) is 8. The van der Waals surface area contributed by atoms with Gasteiger partial charge in [0.25, 0.3) is 23.9 Å². The molecular weight excluding hydrogens is 1130 g/mol. The first-order chi connectivity index (χ1) is 36.1. The number of nitrogens with two attached hydrogens (primary N) is 1. The number of amidine groups is 2. The highest BCUT2D eigenvalue weighted by Crippen LogP contribution is 2.35. The van der Waals surface area contributed by atoms with Crippen molar-refractivity contribution in [3.63, 3.8) is 0 Å². The van der Waals surface area contributed by atoms with Gasteiger partial charge in [-0.2, -0.15) is 0 Å². The van der Waals surface area contributed by atoms with Gasteiger partial charge in [-0.05, 0) is 80.4 Å². The molecule has 22 nitrogen and oxygen atoms in total. The van der Waals surface area contributed by atoms with Crippen molar-refractivity contribution in [2.24, 2.45) is 15.1 Å². The normalized spacial score (nSPS) is 20.0. The standard InChI is InChI=1S/C25H27ClF3N5O6S.C21H19ClF3N5O6S/c1-24(2,3)31-41(37,38)14-34-21(35)19-20(32(4)23(34)36)30-22(33(19)13-15-8-10-16(26)11-9-15)39-17-6-5-7-18(12-17)40-25(27,28)29;1-28-17-16(18(31)30(20(28)32)11-37(26,33)34)29(10-12-5-7-13(22)8-6-12)19(27-17)35-14-3-2-4-15(9-14)36-21(23,24)25/h5-12,19-20,31H,13-14H2,1-4H3;2-9,16-17H,10-11H2,1H3,(H2,26,33,34). The number of halogens is 8. The average molecular weight is 1180 g/mol. The summed E-state index contributed by atoms with van der Waals surface area (Å²) in [6, 6.07) is 17.9. The van der Waals surface area contributed by atoms with E-state index in [1.165, 1.54) is 48.2 Å². The molecule has 0 saturated carbocycles. The van der Waals surface area contributed by atoms with E-state index in [0.29, 0.717) is 31.0 Å². The van der Waals surface area contributed by atoms with Crippen LogP contribution in [0.15, 0.2) is 107 Å². The van der Waals surface area contributed by atoms with Gasteiger partial charge in [0.15, 0.2) is 24.4 Å². The van der Waals surface area contributed by atoms with E-state index in [4.69, 9.17) is 37.8 Å². The van der Waals surface area contributed by atoms with Crippen LogP contribution in [-0.4, -0.2) is 151 Å². The predicted octanol–water partition coefficient (Wildman–Crippen LogP) is 6.08. The summed E-state index contributed by atoms with van der Waals surface area (Å²) in [7, 11) is -5.71. The van der Waals surface area contributed by atoms with Gasteiger partial charge in [-0.3, -0.25) is 9.59 Å². The molecular formula is C46H46Cl2F6N10O12S2. The van der Waals surface area contributed by atoms with Gasteiger partial charge >= 0.3 is 24.8 Å². The third-order valence-corrected chi connectivity index (χ3v) is 13.9. The lowest BCUT2D eigenvalue weighted by Crippen LogP contribution is -2.66. The first-order valence-electron chi connectivity index (χ1n) is 22.6. The minimum atomic E-state index is -4.93. The van der Waals surface area contributed by atoms with Crippen LogP contribution in [0.3, 0.4) is 0 Å². The molecule has 4 aliphatic heterocycles. The third-order valence-electron chi connectivity index (χ3n) is 11.2. The van der Waals surface area contributed by atoms with E-state index in [1.807, 2.05) is 0 Å². The molecule has 4 heterocycles. The summed E-state index contributed by atoms with van der Waals surface area (Å²) in [5, 5.41) is 5.98. The summed E-state index contributed by atoms with van der Waals surface area (Å²) >= 11 is 11.9. The van der Waals surface area contributed by atoms with Crippen molar-refractivity contribution >= 4 is 79.2 Å². The summed E-state index contributed by atoms with van der Waals surface area (Å²) in [4.78, 5) is 67.7. The van der Waals surface area contributed by atoms with Gasteiger partial charge < -0.3 is 38.5 Å². The number of carbonyl (C=O) groups is 4. The van der Waals surface area contributed by atoms with E-state index >= 15 is 0 Å². The summed E-state index contributed by atoms with van der Waals surface area (Å²) < 4.78 is 147. The SMILES string of the molecule is CN1C(=O)N(CS(=O)(=O)NC(C)(C)C)C(=O)C2C1N=C(Oc1cccc(OC(F)(F)F)c1)N2Cc1ccc(Cl)cc1.CN1C(=O)N(CS(N)(=O)=O)C(=O)C2C1N=C(Oc1cccc(OC(F)(F)F)c1)N2Cc1ccc(Cl)cc1. The molecule has 3 N–H and O–H groups in total. The van der Waals surface area contributed by atoms with Crippen molar-refractivity contribution < 1.29 is 81.3 Å². The number of urea groups is 2. The zero-order valence-electron chi connectivity index (χ0n) is 41.3. The number of likely N-dealkylation sites (N-methyl/N-ethyl adjacent to an activating group) is 2. The van der Waals surface area contributed by atoms with E-state index in [-0.39, 0.29) is 36.6 Å². The highest BCUT2D eigenvalue weighted by atomic mass is 35.5. The Kier molecular flexibility index (Phi) is 16.8. The number of hydrogen-bond acceptors (Lipinski definition) is 16. The molecule has 0 aromatic heterocycles. The topological polar surface area (TPSA) is 256 Å². The lowest BCUT2D eigenvalue weighted by Gasteiger charge is -2.41.